The average molecular weight is 381 g/mol. The van der Waals surface area contributed by atoms with E-state index in [1.807, 2.05) is 11.9 Å². The number of hydrogen-bond acceptors (Lipinski definition) is 5. The number of nitrogens with one attached hydrogen (secondary N) is 2. The van der Waals surface area contributed by atoms with Crippen LogP contribution in [-0.4, -0.2) is 60.9 Å². The fourth-order valence-corrected chi connectivity index (χ4v) is 2.87. The van der Waals surface area contributed by atoms with Crippen molar-refractivity contribution in [3.8, 4) is 5.75 Å². The van der Waals surface area contributed by atoms with Crippen molar-refractivity contribution >= 4 is 23.5 Å². The second-order valence-corrected chi connectivity index (χ2v) is 6.63. The summed E-state index contributed by atoms with van der Waals surface area (Å²) >= 11 is 0. The van der Waals surface area contributed by atoms with Crippen LogP contribution < -0.4 is 15.8 Å². The van der Waals surface area contributed by atoms with Crippen LogP contribution in [0, 0.1) is 5.41 Å². The lowest BCUT2D eigenvalue weighted by molar-refractivity contribution is 0.0664. The number of piperazine rings is 1. The molecule has 1 amide bonds. The molecule has 146 valence electrons. The van der Waals surface area contributed by atoms with Crippen LogP contribution in [-0.2, 0) is 0 Å². The summed E-state index contributed by atoms with van der Waals surface area (Å²) in [5, 5.41) is 9.82. The van der Waals surface area contributed by atoms with Gasteiger partial charge < -0.3 is 25.6 Å². The van der Waals surface area contributed by atoms with Crippen LogP contribution in [0.15, 0.2) is 48.5 Å². The first-order valence-corrected chi connectivity index (χ1v) is 8.93. The van der Waals surface area contributed by atoms with Gasteiger partial charge in [-0.3, -0.25) is 10.2 Å². The van der Waals surface area contributed by atoms with E-state index in [4.69, 9.17) is 15.9 Å². The largest absolute Gasteiger partial charge is 0.423 e. The molecular weight excluding hydrogens is 358 g/mol. The van der Waals surface area contributed by atoms with Gasteiger partial charge in [-0.05, 0) is 55.6 Å². The highest BCUT2D eigenvalue weighted by atomic mass is 16.5. The summed E-state index contributed by atoms with van der Waals surface area (Å²) in [6, 6.07) is 13.0. The molecule has 8 heteroatoms. The highest BCUT2D eigenvalue weighted by Crippen LogP contribution is 2.17. The predicted octanol–water partition coefficient (Wildman–Crippen LogP) is 1.60. The van der Waals surface area contributed by atoms with Gasteiger partial charge in [-0.1, -0.05) is 0 Å². The molecule has 0 spiro atoms. The minimum atomic E-state index is -0.507. The number of guanidine groups is 1. The summed E-state index contributed by atoms with van der Waals surface area (Å²) < 4.78 is 5.36. The lowest BCUT2D eigenvalue weighted by atomic mass is 10.1. The summed E-state index contributed by atoms with van der Waals surface area (Å²) in [6.45, 7) is 3.14. The minimum absolute atomic E-state index is 0.0143. The number of hydrogen-bond donors (Lipinski definition) is 3. The Bertz CT molecular complexity index is 856. The van der Waals surface area contributed by atoms with Gasteiger partial charge in [-0.25, -0.2) is 4.79 Å². The first-order chi connectivity index (χ1) is 13.4. The molecule has 0 atom stereocenters. The number of likely N-dealkylation sites (N-methyl/N-ethyl adjacent to an activating group) is 1. The van der Waals surface area contributed by atoms with Crippen molar-refractivity contribution < 1.29 is 14.3 Å². The van der Waals surface area contributed by atoms with E-state index in [1.54, 1.807) is 48.5 Å². The van der Waals surface area contributed by atoms with Gasteiger partial charge in [0, 0.05) is 37.4 Å². The van der Waals surface area contributed by atoms with Crippen molar-refractivity contribution in [2.24, 2.45) is 5.73 Å². The van der Waals surface area contributed by atoms with Gasteiger partial charge >= 0.3 is 5.97 Å². The number of carbonyl (C=O) groups is 2. The summed E-state index contributed by atoms with van der Waals surface area (Å²) in [5.41, 5.74) is 6.81. The Labute approximate surface area is 163 Å². The van der Waals surface area contributed by atoms with E-state index in [1.165, 1.54) is 0 Å². The molecule has 0 aromatic heterocycles. The molecular formula is C20H23N5O3. The zero-order valence-corrected chi connectivity index (χ0v) is 15.6. The van der Waals surface area contributed by atoms with Crippen molar-refractivity contribution in [1.82, 2.24) is 9.80 Å². The quantitative estimate of drug-likeness (QED) is 0.321. The minimum Gasteiger partial charge on any atom is -0.423 e. The van der Waals surface area contributed by atoms with Gasteiger partial charge in [-0.15, -0.1) is 0 Å². The topological polar surface area (TPSA) is 112 Å². The second kappa shape index (κ2) is 8.53. The maximum atomic E-state index is 12.5. The van der Waals surface area contributed by atoms with Gasteiger partial charge in [0.15, 0.2) is 5.96 Å². The van der Waals surface area contributed by atoms with Crippen LogP contribution in [0.2, 0.25) is 0 Å². The lowest BCUT2D eigenvalue weighted by Crippen LogP contribution is -2.47. The molecule has 0 bridgehead atoms. The van der Waals surface area contributed by atoms with Gasteiger partial charge in [0.1, 0.15) is 5.75 Å². The first kappa shape index (κ1) is 19.4. The molecule has 2 aromatic carbocycles. The summed E-state index contributed by atoms with van der Waals surface area (Å²) in [5.74, 6) is -0.334. The Kier molecular flexibility index (Phi) is 5.90. The van der Waals surface area contributed by atoms with Crippen LogP contribution in [0.4, 0.5) is 5.69 Å². The number of rotatable bonds is 4. The van der Waals surface area contributed by atoms with Gasteiger partial charge in [0.05, 0.1) is 5.56 Å². The highest BCUT2D eigenvalue weighted by Gasteiger charge is 2.20. The van der Waals surface area contributed by atoms with Crippen LogP contribution in [0.5, 0.6) is 5.75 Å². The van der Waals surface area contributed by atoms with E-state index in [0.29, 0.717) is 35.7 Å². The SMILES string of the molecule is CN1CCN(C(=O)c2ccc(OC(=O)c3ccc(NC(=N)N)cc3)cc2)CC1. The number of ether oxygens (including phenoxy) is 1. The smallest absolute Gasteiger partial charge is 0.343 e. The molecule has 4 N–H and O–H groups in total. The van der Waals surface area contributed by atoms with Gasteiger partial charge in [0.25, 0.3) is 5.91 Å². The zero-order chi connectivity index (χ0) is 20.1. The molecule has 0 saturated carbocycles. The number of benzene rings is 2. The Morgan fingerprint density at radius 3 is 2.11 bits per heavy atom. The molecule has 0 unspecified atom stereocenters. The number of nitrogens with two attached hydrogens (primary N) is 1. The standard InChI is InChI=1S/C20H23N5O3/c1-24-10-12-25(13-11-24)18(26)14-4-8-17(9-5-14)28-19(27)15-2-6-16(7-3-15)23-20(21)22/h2-9H,10-13H2,1H3,(H4,21,22,23). The van der Waals surface area contributed by atoms with E-state index in [-0.39, 0.29) is 11.9 Å². The van der Waals surface area contributed by atoms with Crippen LogP contribution in [0.1, 0.15) is 20.7 Å². The Balaban J connectivity index is 1.59. The summed E-state index contributed by atoms with van der Waals surface area (Å²) in [4.78, 5) is 28.8. The van der Waals surface area contributed by atoms with Crippen molar-refractivity contribution in [1.29, 1.82) is 5.41 Å². The number of anilines is 1. The first-order valence-electron chi connectivity index (χ1n) is 8.93. The third-order valence-electron chi connectivity index (χ3n) is 4.50. The average Bonchev–Trinajstić information content (AvgIpc) is 2.69. The third-order valence-corrected chi connectivity index (χ3v) is 4.50. The zero-order valence-electron chi connectivity index (χ0n) is 15.6. The molecule has 1 fully saturated rings. The Morgan fingerprint density at radius 1 is 0.964 bits per heavy atom. The van der Waals surface area contributed by atoms with Gasteiger partial charge in [-0.2, -0.15) is 0 Å². The number of nitrogens with zero attached hydrogens (tertiary/aromatic N) is 2. The second-order valence-electron chi connectivity index (χ2n) is 6.63. The maximum absolute atomic E-state index is 12.5. The Morgan fingerprint density at radius 2 is 1.54 bits per heavy atom. The van der Waals surface area contributed by atoms with Crippen LogP contribution >= 0.6 is 0 Å². The Hall–Kier alpha value is -3.39. The molecule has 2 aromatic rings. The van der Waals surface area contributed by atoms with E-state index in [9.17, 15) is 9.59 Å². The summed E-state index contributed by atoms with van der Waals surface area (Å²) in [6.07, 6.45) is 0. The molecule has 1 aliphatic heterocycles. The molecule has 1 heterocycles. The van der Waals surface area contributed by atoms with E-state index in [0.717, 1.165) is 13.1 Å². The number of amides is 1. The maximum Gasteiger partial charge on any atom is 0.343 e. The van der Waals surface area contributed by atoms with E-state index in [2.05, 4.69) is 10.2 Å². The van der Waals surface area contributed by atoms with Crippen molar-refractivity contribution in [2.45, 2.75) is 0 Å². The van der Waals surface area contributed by atoms with Crippen LogP contribution in [0.3, 0.4) is 0 Å². The van der Waals surface area contributed by atoms with E-state index < -0.39 is 5.97 Å². The van der Waals surface area contributed by atoms with Gasteiger partial charge in [0.2, 0.25) is 0 Å². The third kappa shape index (κ3) is 4.86. The predicted molar refractivity (Wildman–Crippen MR) is 107 cm³/mol. The number of carbonyl (C=O) groups excluding carboxylic acids is 2. The number of esters is 1. The van der Waals surface area contributed by atoms with Crippen molar-refractivity contribution in [3.63, 3.8) is 0 Å². The van der Waals surface area contributed by atoms with Crippen LogP contribution in [0.25, 0.3) is 0 Å². The molecule has 0 aliphatic carbocycles. The molecule has 28 heavy (non-hydrogen) atoms. The normalized spacial score (nSPS) is 14.4. The molecule has 0 radical (unpaired) electrons. The fourth-order valence-electron chi connectivity index (χ4n) is 2.87. The molecule has 8 nitrogen and oxygen atoms in total. The molecule has 1 aliphatic rings. The monoisotopic (exact) mass is 381 g/mol. The molecule has 3 rings (SSSR count). The van der Waals surface area contributed by atoms with E-state index >= 15 is 0 Å². The fraction of sp³-hybridized carbons (Fsp3) is 0.250. The van der Waals surface area contributed by atoms with Crippen molar-refractivity contribution in [3.05, 3.63) is 59.7 Å². The summed E-state index contributed by atoms with van der Waals surface area (Å²) in [7, 11) is 2.04. The highest BCUT2D eigenvalue weighted by molar-refractivity contribution is 5.95. The lowest BCUT2D eigenvalue weighted by Gasteiger charge is -2.32. The van der Waals surface area contributed by atoms with Crippen molar-refractivity contribution in [2.75, 3.05) is 38.5 Å². The molecule has 1 saturated heterocycles.